The zero-order valence-electron chi connectivity index (χ0n) is 11.8. The lowest BCUT2D eigenvalue weighted by Gasteiger charge is -2.18. The lowest BCUT2D eigenvalue weighted by Crippen LogP contribution is -2.42. The van der Waals surface area contributed by atoms with Crippen molar-refractivity contribution in [1.82, 2.24) is 0 Å². The second kappa shape index (κ2) is 8.60. The first kappa shape index (κ1) is 19.4. The second-order valence-electron chi connectivity index (χ2n) is 4.44. The third-order valence-corrected chi connectivity index (χ3v) is 2.59. The number of carboxylic acid groups (broad SMARTS) is 3. The SMILES string of the molecule is Cc1ccccc1NN.O=C(O)CC(O)(CC(=O)O)C(=O)O. The van der Waals surface area contributed by atoms with Gasteiger partial charge in [-0.2, -0.15) is 0 Å². The van der Waals surface area contributed by atoms with Gasteiger partial charge in [-0.15, -0.1) is 0 Å². The highest BCUT2D eigenvalue weighted by molar-refractivity contribution is 5.88. The monoisotopic (exact) mass is 314 g/mol. The van der Waals surface area contributed by atoms with Gasteiger partial charge in [0.25, 0.3) is 0 Å². The Morgan fingerprint density at radius 2 is 1.55 bits per heavy atom. The molecular weight excluding hydrogens is 296 g/mol. The maximum atomic E-state index is 10.3. The Labute approximate surface area is 126 Å². The van der Waals surface area contributed by atoms with Gasteiger partial charge in [-0.1, -0.05) is 18.2 Å². The molecule has 0 atom stereocenters. The summed E-state index contributed by atoms with van der Waals surface area (Å²) < 4.78 is 0. The molecule has 122 valence electrons. The normalized spacial score (nSPS) is 10.1. The smallest absolute Gasteiger partial charge is 0.336 e. The first-order chi connectivity index (χ1) is 10.1. The van der Waals surface area contributed by atoms with E-state index in [1.54, 1.807) is 0 Å². The van der Waals surface area contributed by atoms with Crippen molar-refractivity contribution in [2.75, 3.05) is 5.43 Å². The van der Waals surface area contributed by atoms with Gasteiger partial charge in [0.1, 0.15) is 0 Å². The number of rotatable bonds is 6. The minimum atomic E-state index is -2.74. The van der Waals surface area contributed by atoms with Crippen LogP contribution in [0, 0.1) is 6.92 Å². The van der Waals surface area contributed by atoms with E-state index in [0.717, 1.165) is 5.69 Å². The van der Waals surface area contributed by atoms with Gasteiger partial charge in [0, 0.05) is 0 Å². The number of benzene rings is 1. The van der Waals surface area contributed by atoms with Gasteiger partial charge in [-0.3, -0.25) is 15.4 Å². The fourth-order valence-electron chi connectivity index (χ4n) is 1.45. The number of carbonyl (C=O) groups is 3. The summed E-state index contributed by atoms with van der Waals surface area (Å²) in [5, 5.41) is 33.8. The highest BCUT2D eigenvalue weighted by Gasteiger charge is 2.40. The van der Waals surface area contributed by atoms with Crippen molar-refractivity contribution in [3.63, 3.8) is 0 Å². The minimum Gasteiger partial charge on any atom is -0.481 e. The van der Waals surface area contributed by atoms with Crippen molar-refractivity contribution in [2.24, 2.45) is 5.84 Å². The maximum Gasteiger partial charge on any atom is 0.336 e. The summed E-state index contributed by atoms with van der Waals surface area (Å²) in [5.41, 5.74) is 2.01. The van der Waals surface area contributed by atoms with E-state index >= 15 is 0 Å². The number of nitrogens with one attached hydrogen (secondary N) is 1. The molecule has 0 bridgehead atoms. The summed E-state index contributed by atoms with van der Waals surface area (Å²) in [5.74, 6) is 0.182. The number of nitrogen functional groups attached to an aromatic ring is 1. The van der Waals surface area contributed by atoms with Gasteiger partial charge >= 0.3 is 17.9 Å². The number of aliphatic hydroxyl groups is 1. The summed E-state index contributed by atoms with van der Waals surface area (Å²) in [7, 11) is 0. The van der Waals surface area contributed by atoms with Crippen LogP contribution in [0.2, 0.25) is 0 Å². The Hall–Kier alpha value is -2.65. The third-order valence-electron chi connectivity index (χ3n) is 2.59. The molecule has 22 heavy (non-hydrogen) atoms. The van der Waals surface area contributed by atoms with Gasteiger partial charge in [-0.05, 0) is 18.6 Å². The Morgan fingerprint density at radius 3 is 1.82 bits per heavy atom. The molecule has 0 unspecified atom stereocenters. The van der Waals surface area contributed by atoms with Crippen LogP contribution in [-0.4, -0.2) is 43.9 Å². The second-order valence-corrected chi connectivity index (χ2v) is 4.44. The molecule has 0 heterocycles. The van der Waals surface area contributed by atoms with E-state index < -0.39 is 36.4 Å². The van der Waals surface area contributed by atoms with Crippen molar-refractivity contribution in [2.45, 2.75) is 25.4 Å². The number of anilines is 1. The number of nitrogens with two attached hydrogens (primary N) is 1. The number of aryl methyl sites for hydroxylation is 1. The predicted octanol–water partition coefficient (Wildman–Crippen LogP) is 0.0321. The average molecular weight is 314 g/mol. The van der Waals surface area contributed by atoms with Gasteiger partial charge in [0.15, 0.2) is 5.60 Å². The maximum absolute atomic E-state index is 10.3. The third kappa shape index (κ3) is 6.68. The molecule has 0 amide bonds. The molecule has 0 saturated heterocycles. The van der Waals surface area contributed by atoms with Crippen molar-refractivity contribution < 1.29 is 34.8 Å². The first-order valence-corrected chi connectivity index (χ1v) is 6.04. The Kier molecular flexibility index (Phi) is 7.56. The standard InChI is InChI=1S/C7H10N2.C6H8O7/c1-6-4-2-3-5-7(6)9-8;7-3(8)1-6(13,5(11)12)2-4(9)10/h2-5,9H,8H2,1H3;13H,1-2H2,(H,7,8)(H,9,10)(H,11,12). The molecule has 0 fully saturated rings. The summed E-state index contributed by atoms with van der Waals surface area (Å²) in [6, 6.07) is 7.88. The number of hydrogen-bond donors (Lipinski definition) is 6. The van der Waals surface area contributed by atoms with E-state index in [1.165, 1.54) is 5.56 Å². The van der Waals surface area contributed by atoms with Crippen LogP contribution >= 0.6 is 0 Å². The zero-order valence-corrected chi connectivity index (χ0v) is 11.8. The molecular formula is C13H18N2O7. The fraction of sp³-hybridized carbons (Fsp3) is 0.308. The first-order valence-electron chi connectivity index (χ1n) is 6.04. The van der Waals surface area contributed by atoms with Crippen LogP contribution in [0.5, 0.6) is 0 Å². The number of hydrazine groups is 1. The summed E-state index contributed by atoms with van der Waals surface area (Å²) in [4.78, 5) is 30.5. The topological polar surface area (TPSA) is 170 Å². The Bertz CT molecular complexity index is 529. The fourth-order valence-corrected chi connectivity index (χ4v) is 1.45. The van der Waals surface area contributed by atoms with Crippen LogP contribution in [0.3, 0.4) is 0 Å². The summed E-state index contributed by atoms with van der Waals surface area (Å²) >= 11 is 0. The van der Waals surface area contributed by atoms with Crippen LogP contribution in [0.15, 0.2) is 24.3 Å². The van der Waals surface area contributed by atoms with Crippen LogP contribution in [-0.2, 0) is 14.4 Å². The van der Waals surface area contributed by atoms with Gasteiger partial charge in [-0.25, -0.2) is 4.79 Å². The highest BCUT2D eigenvalue weighted by Crippen LogP contribution is 2.15. The Morgan fingerprint density at radius 1 is 1.09 bits per heavy atom. The number of para-hydroxylation sites is 1. The highest BCUT2D eigenvalue weighted by atomic mass is 16.4. The van der Waals surface area contributed by atoms with Crippen LogP contribution in [0.1, 0.15) is 18.4 Å². The molecule has 0 spiro atoms. The Balaban J connectivity index is 0.000000425. The molecule has 7 N–H and O–H groups in total. The zero-order chi connectivity index (χ0) is 17.3. The predicted molar refractivity (Wildman–Crippen MR) is 76.1 cm³/mol. The van der Waals surface area contributed by atoms with Crippen molar-refractivity contribution in [3.8, 4) is 0 Å². The van der Waals surface area contributed by atoms with E-state index in [9.17, 15) is 14.4 Å². The molecule has 0 aromatic heterocycles. The lowest BCUT2D eigenvalue weighted by atomic mass is 9.96. The van der Waals surface area contributed by atoms with E-state index in [1.807, 2.05) is 31.2 Å². The number of hydrogen-bond acceptors (Lipinski definition) is 6. The van der Waals surface area contributed by atoms with E-state index in [4.69, 9.17) is 26.3 Å². The molecule has 1 aromatic rings. The quantitative estimate of drug-likeness (QED) is 0.313. The molecule has 1 rings (SSSR count). The van der Waals surface area contributed by atoms with Gasteiger partial charge < -0.3 is 25.9 Å². The van der Waals surface area contributed by atoms with Gasteiger partial charge in [0.05, 0.1) is 18.5 Å². The van der Waals surface area contributed by atoms with Crippen LogP contribution < -0.4 is 11.3 Å². The molecule has 1 aromatic carbocycles. The van der Waals surface area contributed by atoms with E-state index in [-0.39, 0.29) is 0 Å². The molecule has 9 heteroatoms. The van der Waals surface area contributed by atoms with E-state index in [0.29, 0.717) is 0 Å². The number of carboxylic acids is 3. The van der Waals surface area contributed by atoms with Crippen molar-refractivity contribution in [1.29, 1.82) is 0 Å². The summed E-state index contributed by atoms with van der Waals surface area (Å²) in [6.07, 6.45) is -2.29. The minimum absolute atomic E-state index is 0.984. The molecule has 0 radical (unpaired) electrons. The van der Waals surface area contributed by atoms with Crippen LogP contribution in [0.4, 0.5) is 5.69 Å². The van der Waals surface area contributed by atoms with Crippen molar-refractivity contribution >= 4 is 23.6 Å². The van der Waals surface area contributed by atoms with Gasteiger partial charge in [0.2, 0.25) is 0 Å². The number of aliphatic carboxylic acids is 3. The molecule has 0 aliphatic carbocycles. The van der Waals surface area contributed by atoms with Crippen LogP contribution in [0.25, 0.3) is 0 Å². The lowest BCUT2D eigenvalue weighted by molar-refractivity contribution is -0.170. The van der Waals surface area contributed by atoms with E-state index in [2.05, 4.69) is 5.43 Å². The average Bonchev–Trinajstić information content (AvgIpc) is 2.38. The largest absolute Gasteiger partial charge is 0.481 e. The summed E-state index contributed by atoms with van der Waals surface area (Å²) in [6.45, 7) is 2.01. The molecule has 0 aliphatic heterocycles. The van der Waals surface area contributed by atoms with Crippen molar-refractivity contribution in [3.05, 3.63) is 29.8 Å². The molecule has 0 aliphatic rings. The molecule has 9 nitrogen and oxygen atoms in total. The molecule has 0 saturated carbocycles.